The number of benzene rings is 2. The van der Waals surface area contributed by atoms with Crippen LogP contribution in [0, 0.1) is 5.82 Å². The van der Waals surface area contributed by atoms with Gasteiger partial charge in [0.1, 0.15) is 12.6 Å². The van der Waals surface area contributed by atoms with Crippen LogP contribution in [0.5, 0.6) is 5.75 Å². The van der Waals surface area contributed by atoms with Crippen molar-refractivity contribution in [3.8, 4) is 16.9 Å². The van der Waals surface area contributed by atoms with Crippen LogP contribution >= 0.6 is 0 Å². The van der Waals surface area contributed by atoms with Crippen molar-refractivity contribution in [2.24, 2.45) is 0 Å². The van der Waals surface area contributed by atoms with Gasteiger partial charge >= 0.3 is 6.03 Å². The maximum atomic E-state index is 15.1. The van der Waals surface area contributed by atoms with Gasteiger partial charge in [-0.1, -0.05) is 36.4 Å². The number of sulfonamides is 1. The zero-order chi connectivity index (χ0) is 25.5. The molecule has 2 aromatic carbocycles. The number of para-hydroxylation sites is 1. The van der Waals surface area contributed by atoms with Crippen molar-refractivity contribution in [2.45, 2.75) is 36.9 Å². The van der Waals surface area contributed by atoms with Crippen molar-refractivity contribution < 1.29 is 35.5 Å². The molecule has 2 aliphatic rings. The molecule has 1 saturated heterocycles. The Kier molecular flexibility index (Phi) is 6.71. The molecule has 2 aromatic rings. The molecular weight excluding hydrogens is 490 g/mol. The number of likely N-dealkylation sites (N-methyl/N-ethyl adjacent to an activating group) is 1. The molecule has 4 rings (SSSR count). The summed E-state index contributed by atoms with van der Waals surface area (Å²) in [6, 6.07) is 6.91. The number of alkyl halides is 3. The number of nitrogens with zero attached hydrogens (tertiary/aromatic N) is 2. The predicted molar refractivity (Wildman–Crippen MR) is 121 cm³/mol. The Bertz CT molecular complexity index is 1220. The normalized spacial score (nSPS) is 23.3. The number of hydrogen-bond acceptors (Lipinski definition) is 4. The summed E-state index contributed by atoms with van der Waals surface area (Å²) < 4.78 is 90.2. The third-order valence-corrected chi connectivity index (χ3v) is 7.67. The molecule has 0 radical (unpaired) electrons. The van der Waals surface area contributed by atoms with Crippen molar-refractivity contribution in [3.05, 3.63) is 53.8 Å². The van der Waals surface area contributed by atoms with Gasteiger partial charge in [-0.25, -0.2) is 35.5 Å². The third kappa shape index (κ3) is 4.94. The van der Waals surface area contributed by atoms with Gasteiger partial charge in [0.15, 0.2) is 11.6 Å². The minimum Gasteiger partial charge on any atom is -0.488 e. The summed E-state index contributed by atoms with van der Waals surface area (Å²) in [6.07, 6.45) is -0.150. The Labute approximate surface area is 200 Å². The fourth-order valence-corrected chi connectivity index (χ4v) is 5.24. The summed E-state index contributed by atoms with van der Waals surface area (Å²) >= 11 is 0. The number of halogens is 4. The highest BCUT2D eigenvalue weighted by Crippen LogP contribution is 2.38. The monoisotopic (exact) mass is 515 g/mol. The minimum absolute atomic E-state index is 0.000602. The van der Waals surface area contributed by atoms with Crippen LogP contribution in [0.1, 0.15) is 12.5 Å². The molecule has 0 spiro atoms. The summed E-state index contributed by atoms with van der Waals surface area (Å²) in [5.41, 5.74) is -0.927. The summed E-state index contributed by atoms with van der Waals surface area (Å²) in [6.45, 7) is -0.474. The lowest BCUT2D eigenvalue weighted by molar-refractivity contribution is -0.00528. The molecule has 35 heavy (non-hydrogen) atoms. The number of rotatable bonds is 3. The molecule has 12 heteroatoms. The van der Waals surface area contributed by atoms with Crippen LogP contribution in [0.2, 0.25) is 0 Å². The SMILES string of the molecule is CC(F)S(=O)(=O)NC1C2Cc3cccc(c3)-c3cccc(F)c3OCCN(C)C(=O)N2CC1(F)F. The Morgan fingerprint density at radius 2 is 1.91 bits per heavy atom. The number of amides is 2. The molecule has 2 heterocycles. The average molecular weight is 516 g/mol. The largest absolute Gasteiger partial charge is 0.488 e. The first kappa shape index (κ1) is 25.2. The second-order valence-electron chi connectivity index (χ2n) is 8.71. The van der Waals surface area contributed by atoms with Crippen LogP contribution in [0.15, 0.2) is 42.5 Å². The Hall–Kier alpha value is -2.86. The molecule has 2 amide bonds. The maximum Gasteiger partial charge on any atom is 0.320 e. The fraction of sp³-hybridized carbons (Fsp3) is 0.435. The number of fused-ring (bicyclic) bond motifs is 5. The van der Waals surface area contributed by atoms with Crippen molar-refractivity contribution in [1.82, 2.24) is 14.5 Å². The topological polar surface area (TPSA) is 79.0 Å². The van der Waals surface area contributed by atoms with Crippen LogP contribution in [0.3, 0.4) is 0 Å². The Morgan fingerprint density at radius 3 is 2.63 bits per heavy atom. The molecule has 2 bridgehead atoms. The first-order valence-electron chi connectivity index (χ1n) is 11.0. The van der Waals surface area contributed by atoms with Crippen LogP contribution in [-0.2, 0) is 16.4 Å². The number of hydrogen-bond donors (Lipinski definition) is 1. The molecule has 3 atom stereocenters. The van der Waals surface area contributed by atoms with Crippen LogP contribution in [-0.4, -0.2) is 74.5 Å². The van der Waals surface area contributed by atoms with Crippen LogP contribution < -0.4 is 9.46 Å². The molecule has 3 unspecified atom stereocenters. The summed E-state index contributed by atoms with van der Waals surface area (Å²) in [7, 11) is -3.34. The molecule has 0 saturated carbocycles. The zero-order valence-electron chi connectivity index (χ0n) is 19.0. The Balaban J connectivity index is 1.81. The number of urea groups is 1. The standard InChI is InChI=1S/C23H25F4N3O4S/c1-14(24)35(32,33)28-21-19-12-15-5-3-6-16(11-15)17-7-4-8-18(25)20(17)34-10-9-29(2)22(31)30(19)13-23(21,26)27/h3-8,11,14,19,21,28H,9-10,12-13H2,1-2H3. The Morgan fingerprint density at radius 1 is 1.20 bits per heavy atom. The number of carbonyl (C=O) groups is 1. The molecule has 1 N–H and O–H groups in total. The van der Waals surface area contributed by atoms with E-state index in [0.29, 0.717) is 16.7 Å². The molecular formula is C23H25F4N3O4S. The van der Waals surface area contributed by atoms with Crippen molar-refractivity contribution >= 4 is 16.1 Å². The van der Waals surface area contributed by atoms with Gasteiger partial charge < -0.3 is 14.5 Å². The number of nitrogens with one attached hydrogen (secondary N) is 1. The maximum absolute atomic E-state index is 15.1. The van der Waals surface area contributed by atoms with E-state index in [-0.39, 0.29) is 25.3 Å². The van der Waals surface area contributed by atoms with Gasteiger partial charge in [-0.15, -0.1) is 0 Å². The van der Waals surface area contributed by atoms with E-state index in [1.807, 2.05) is 0 Å². The lowest BCUT2D eigenvalue weighted by Crippen LogP contribution is -2.54. The molecule has 2 aliphatic heterocycles. The quantitative estimate of drug-likeness (QED) is 0.636. The second kappa shape index (κ2) is 9.30. The molecule has 1 fully saturated rings. The van der Waals surface area contributed by atoms with E-state index in [0.717, 1.165) is 16.7 Å². The first-order valence-corrected chi connectivity index (χ1v) is 12.5. The van der Waals surface area contributed by atoms with Gasteiger partial charge in [-0.05, 0) is 30.5 Å². The number of carbonyl (C=O) groups excluding carboxylic acids is 1. The summed E-state index contributed by atoms with van der Waals surface area (Å²) in [5.74, 6) is -4.24. The molecule has 190 valence electrons. The lowest BCUT2D eigenvalue weighted by atomic mass is 9.96. The van der Waals surface area contributed by atoms with E-state index < -0.39 is 51.9 Å². The smallest absolute Gasteiger partial charge is 0.320 e. The molecule has 0 aromatic heterocycles. The summed E-state index contributed by atoms with van der Waals surface area (Å²) in [5, 5.41) is 0. The van der Waals surface area contributed by atoms with Gasteiger partial charge in [-0.3, -0.25) is 0 Å². The second-order valence-corrected chi connectivity index (χ2v) is 10.7. The number of ether oxygens (including phenoxy) is 1. The van der Waals surface area contributed by atoms with Crippen LogP contribution in [0.25, 0.3) is 11.1 Å². The predicted octanol–water partition coefficient (Wildman–Crippen LogP) is 3.40. The van der Waals surface area contributed by atoms with E-state index in [2.05, 4.69) is 0 Å². The van der Waals surface area contributed by atoms with Gasteiger partial charge in [0, 0.05) is 12.6 Å². The van der Waals surface area contributed by atoms with Crippen molar-refractivity contribution in [2.75, 3.05) is 26.7 Å². The van der Waals surface area contributed by atoms with Crippen molar-refractivity contribution in [1.29, 1.82) is 0 Å². The third-order valence-electron chi connectivity index (χ3n) is 6.24. The fourth-order valence-electron chi connectivity index (χ4n) is 4.37. The van der Waals surface area contributed by atoms with Gasteiger partial charge in [0.05, 0.1) is 19.1 Å². The van der Waals surface area contributed by atoms with Crippen LogP contribution in [0.4, 0.5) is 22.4 Å². The minimum atomic E-state index is -4.71. The highest BCUT2D eigenvalue weighted by Gasteiger charge is 2.57. The van der Waals surface area contributed by atoms with Gasteiger partial charge in [0.25, 0.3) is 5.92 Å². The van der Waals surface area contributed by atoms with E-state index in [4.69, 9.17) is 4.74 Å². The summed E-state index contributed by atoms with van der Waals surface area (Å²) in [4.78, 5) is 15.2. The first-order chi connectivity index (χ1) is 16.4. The van der Waals surface area contributed by atoms with E-state index >= 15 is 8.78 Å². The molecule has 7 nitrogen and oxygen atoms in total. The highest BCUT2D eigenvalue weighted by molar-refractivity contribution is 7.89. The van der Waals surface area contributed by atoms with Gasteiger partial charge in [-0.2, -0.15) is 0 Å². The van der Waals surface area contributed by atoms with E-state index in [9.17, 15) is 22.0 Å². The van der Waals surface area contributed by atoms with Gasteiger partial charge in [0.2, 0.25) is 15.5 Å². The zero-order valence-corrected chi connectivity index (χ0v) is 19.9. The van der Waals surface area contributed by atoms with E-state index in [1.165, 1.54) is 19.2 Å². The van der Waals surface area contributed by atoms with E-state index in [1.54, 1.807) is 35.1 Å². The van der Waals surface area contributed by atoms with Crippen molar-refractivity contribution in [3.63, 3.8) is 0 Å². The molecule has 0 aliphatic carbocycles. The lowest BCUT2D eigenvalue weighted by Gasteiger charge is -2.31. The highest BCUT2D eigenvalue weighted by atomic mass is 32.2. The average Bonchev–Trinajstić information content (AvgIpc) is 3.03.